The van der Waals surface area contributed by atoms with Gasteiger partial charge in [0.05, 0.1) is 11.6 Å². The number of piperazine rings is 1. The number of pyridine rings is 1. The number of fused-ring (bicyclic) bond motifs is 1. The lowest BCUT2D eigenvalue weighted by Crippen LogP contribution is -2.45. The van der Waals surface area contributed by atoms with Gasteiger partial charge in [-0.05, 0) is 33.7 Å². The maximum absolute atomic E-state index is 14.8. The first kappa shape index (κ1) is 23.6. The predicted molar refractivity (Wildman–Crippen MR) is 130 cm³/mol. The smallest absolute Gasteiger partial charge is 0.266 e. The van der Waals surface area contributed by atoms with Gasteiger partial charge in [0, 0.05) is 60.3 Å². The molecule has 1 N–H and O–H groups in total. The van der Waals surface area contributed by atoms with Crippen LogP contribution in [0.2, 0.25) is 0 Å². The van der Waals surface area contributed by atoms with Gasteiger partial charge in [0.25, 0.3) is 12.0 Å². The highest BCUT2D eigenvalue weighted by atomic mass is 19.3. The normalized spacial score (nSPS) is 18.8. The van der Waals surface area contributed by atoms with Crippen molar-refractivity contribution < 1.29 is 13.2 Å². The largest absolute Gasteiger partial charge is 0.361 e. The van der Waals surface area contributed by atoms with Crippen molar-refractivity contribution in [3.8, 4) is 0 Å². The molecular weight excluding hydrogens is 457 g/mol. The molecule has 10 heteroatoms. The van der Waals surface area contributed by atoms with Gasteiger partial charge < -0.3 is 19.7 Å². The Balaban J connectivity index is 1.58. The van der Waals surface area contributed by atoms with E-state index in [1.54, 1.807) is 23.8 Å². The van der Waals surface area contributed by atoms with Gasteiger partial charge in [0.2, 0.25) is 0 Å². The summed E-state index contributed by atoms with van der Waals surface area (Å²) in [4.78, 5) is 17.4. The van der Waals surface area contributed by atoms with Crippen molar-refractivity contribution in [2.75, 3.05) is 43.4 Å². The summed E-state index contributed by atoms with van der Waals surface area (Å²) in [5.41, 5.74) is -0.852. The molecule has 0 spiro atoms. The first-order valence-electron chi connectivity index (χ1n) is 11.9. The summed E-state index contributed by atoms with van der Waals surface area (Å²) < 4.78 is 43.0. The van der Waals surface area contributed by atoms with E-state index in [-0.39, 0.29) is 16.7 Å². The standard InChI is InChI=1S/C25H29F3N6O/c1-15(16-5-4-6-17(21(16)26)22(27)28)29-23-19-14-34(25(2)7-8-25)20(35)13-18(19)24(31-30-23)33-11-9-32(3)10-12-33/h4-6,13-15,22H,7-12H2,1-3H3,(H,29,30)/t15-/m1/s1. The second kappa shape index (κ2) is 8.82. The first-order valence-corrected chi connectivity index (χ1v) is 11.9. The Morgan fingerprint density at radius 1 is 1.06 bits per heavy atom. The Morgan fingerprint density at radius 3 is 2.40 bits per heavy atom. The number of benzene rings is 1. The van der Waals surface area contributed by atoms with Crippen molar-refractivity contribution in [2.24, 2.45) is 0 Å². The number of aromatic nitrogens is 3. The highest BCUT2D eigenvalue weighted by Crippen LogP contribution is 2.43. The Morgan fingerprint density at radius 2 is 1.74 bits per heavy atom. The van der Waals surface area contributed by atoms with Gasteiger partial charge in [-0.1, -0.05) is 18.2 Å². The fourth-order valence-corrected chi connectivity index (χ4v) is 4.67. The highest BCUT2D eigenvalue weighted by Gasteiger charge is 2.40. The second-order valence-corrected chi connectivity index (χ2v) is 9.89. The van der Waals surface area contributed by atoms with Crippen LogP contribution in [0.5, 0.6) is 0 Å². The van der Waals surface area contributed by atoms with Crippen LogP contribution >= 0.6 is 0 Å². The van der Waals surface area contributed by atoms with E-state index < -0.39 is 23.8 Å². The number of halogens is 3. The molecule has 2 aromatic heterocycles. The maximum atomic E-state index is 14.8. The van der Waals surface area contributed by atoms with E-state index in [0.29, 0.717) is 22.4 Å². The van der Waals surface area contributed by atoms with E-state index in [0.717, 1.165) is 45.1 Å². The average molecular weight is 487 g/mol. The fraction of sp³-hybridized carbons (Fsp3) is 0.480. The highest BCUT2D eigenvalue weighted by molar-refractivity contribution is 5.98. The molecule has 3 heterocycles. The molecule has 3 aromatic rings. The molecule has 1 aliphatic carbocycles. The lowest BCUT2D eigenvalue weighted by Gasteiger charge is -2.33. The maximum Gasteiger partial charge on any atom is 0.266 e. The fourth-order valence-electron chi connectivity index (χ4n) is 4.67. The van der Waals surface area contributed by atoms with E-state index in [1.807, 2.05) is 6.92 Å². The second-order valence-electron chi connectivity index (χ2n) is 9.89. The lowest BCUT2D eigenvalue weighted by molar-refractivity contribution is 0.146. The van der Waals surface area contributed by atoms with Crippen molar-refractivity contribution in [1.29, 1.82) is 0 Å². The number of nitrogens with one attached hydrogen (secondary N) is 1. The summed E-state index contributed by atoms with van der Waals surface area (Å²) in [5.74, 6) is 0.0869. The van der Waals surface area contributed by atoms with Gasteiger partial charge in [-0.25, -0.2) is 13.2 Å². The van der Waals surface area contributed by atoms with Crippen LogP contribution in [0.4, 0.5) is 24.8 Å². The molecule has 2 aliphatic rings. The van der Waals surface area contributed by atoms with Gasteiger partial charge in [-0.15, -0.1) is 10.2 Å². The van der Waals surface area contributed by atoms with Crippen molar-refractivity contribution in [3.63, 3.8) is 0 Å². The van der Waals surface area contributed by atoms with E-state index >= 15 is 0 Å². The van der Waals surface area contributed by atoms with Crippen LogP contribution < -0.4 is 15.8 Å². The van der Waals surface area contributed by atoms with Crippen LogP contribution in [0.3, 0.4) is 0 Å². The number of nitrogens with zero attached hydrogens (tertiary/aromatic N) is 5. The third-order valence-electron chi connectivity index (χ3n) is 7.27. The summed E-state index contributed by atoms with van der Waals surface area (Å²) in [6.07, 6.45) is 0.722. The molecular formula is C25H29F3N6O. The zero-order valence-corrected chi connectivity index (χ0v) is 20.1. The van der Waals surface area contributed by atoms with E-state index in [1.165, 1.54) is 12.1 Å². The van der Waals surface area contributed by atoms with Crippen molar-refractivity contribution in [3.05, 3.63) is 57.8 Å². The first-order chi connectivity index (χ1) is 16.7. The van der Waals surface area contributed by atoms with E-state index in [2.05, 4.69) is 32.4 Å². The number of hydrogen-bond acceptors (Lipinski definition) is 6. The Hall–Kier alpha value is -3.14. The number of likely N-dealkylation sites (N-methyl/N-ethyl adjacent to an activating group) is 1. The monoisotopic (exact) mass is 486 g/mol. The molecule has 1 saturated heterocycles. The van der Waals surface area contributed by atoms with Gasteiger partial charge in [0.15, 0.2) is 11.6 Å². The molecule has 2 fully saturated rings. The number of anilines is 2. The quantitative estimate of drug-likeness (QED) is 0.561. The minimum Gasteiger partial charge on any atom is -0.361 e. The molecule has 1 atom stereocenters. The lowest BCUT2D eigenvalue weighted by atomic mass is 10.0. The summed E-state index contributed by atoms with van der Waals surface area (Å²) in [6, 6.07) is 4.94. The summed E-state index contributed by atoms with van der Waals surface area (Å²) in [5, 5.41) is 13.4. The zero-order chi connectivity index (χ0) is 24.9. The summed E-state index contributed by atoms with van der Waals surface area (Å²) in [7, 11) is 2.06. The molecule has 0 radical (unpaired) electrons. The van der Waals surface area contributed by atoms with Crippen LogP contribution in [0.15, 0.2) is 35.3 Å². The molecule has 5 rings (SSSR count). The Kier molecular flexibility index (Phi) is 5.94. The van der Waals surface area contributed by atoms with Crippen molar-refractivity contribution >= 4 is 22.4 Å². The third kappa shape index (κ3) is 4.35. The molecule has 1 saturated carbocycles. The molecule has 7 nitrogen and oxygen atoms in total. The Labute approximate surface area is 201 Å². The molecule has 1 aromatic carbocycles. The summed E-state index contributed by atoms with van der Waals surface area (Å²) in [6.45, 7) is 6.99. The van der Waals surface area contributed by atoms with E-state index in [4.69, 9.17) is 0 Å². The van der Waals surface area contributed by atoms with Crippen LogP contribution in [-0.4, -0.2) is 52.9 Å². The molecule has 1 aliphatic heterocycles. The minimum atomic E-state index is -2.90. The number of alkyl halides is 2. The SMILES string of the molecule is C[C@@H](Nc1nnc(N2CCN(C)CC2)c2cc(=O)n(C3(C)CC3)cc12)c1cccc(C(F)F)c1F. The minimum absolute atomic E-state index is 0.101. The molecule has 35 heavy (non-hydrogen) atoms. The van der Waals surface area contributed by atoms with Gasteiger partial charge in [-0.2, -0.15) is 0 Å². The van der Waals surface area contributed by atoms with Gasteiger partial charge >= 0.3 is 0 Å². The van der Waals surface area contributed by atoms with Crippen LogP contribution in [0, 0.1) is 5.82 Å². The van der Waals surface area contributed by atoms with E-state index in [9.17, 15) is 18.0 Å². The number of rotatable bonds is 6. The van der Waals surface area contributed by atoms with Crippen LogP contribution in [0.25, 0.3) is 10.8 Å². The predicted octanol–water partition coefficient (Wildman–Crippen LogP) is 4.30. The molecule has 0 amide bonds. The van der Waals surface area contributed by atoms with Crippen LogP contribution in [-0.2, 0) is 5.54 Å². The molecule has 0 unspecified atom stereocenters. The van der Waals surface area contributed by atoms with Crippen molar-refractivity contribution in [2.45, 2.75) is 44.7 Å². The number of hydrogen-bond donors (Lipinski definition) is 1. The summed E-state index contributed by atoms with van der Waals surface area (Å²) >= 11 is 0. The third-order valence-corrected chi connectivity index (χ3v) is 7.27. The average Bonchev–Trinajstić information content (AvgIpc) is 3.57. The topological polar surface area (TPSA) is 66.3 Å². The van der Waals surface area contributed by atoms with Gasteiger partial charge in [0.1, 0.15) is 5.82 Å². The van der Waals surface area contributed by atoms with Crippen LogP contribution in [0.1, 0.15) is 50.3 Å². The van der Waals surface area contributed by atoms with Crippen molar-refractivity contribution in [1.82, 2.24) is 19.7 Å². The zero-order valence-electron chi connectivity index (χ0n) is 20.1. The molecule has 186 valence electrons. The molecule has 0 bridgehead atoms. The Bertz CT molecular complexity index is 1310. The van der Waals surface area contributed by atoms with Gasteiger partial charge in [-0.3, -0.25) is 4.79 Å².